The first-order valence-corrected chi connectivity index (χ1v) is 4.55. The molecule has 0 saturated carbocycles. The molecule has 0 fully saturated rings. The molecule has 2 atom stereocenters. The van der Waals surface area contributed by atoms with Crippen LogP contribution in [0.4, 0.5) is 0 Å². The quantitative estimate of drug-likeness (QED) is 0.443. The molecular weight excluding hydrogens is 252 g/mol. The third kappa shape index (κ3) is 5.06. The van der Waals surface area contributed by atoms with Crippen molar-refractivity contribution in [1.29, 1.82) is 0 Å². The zero-order valence-electron chi connectivity index (χ0n) is 4.80. The zero-order chi connectivity index (χ0) is 7.28. The van der Waals surface area contributed by atoms with Gasteiger partial charge >= 0.3 is 5.97 Å². The number of rotatable bonds is 4. The van der Waals surface area contributed by atoms with Crippen molar-refractivity contribution in [2.24, 2.45) is 0 Å². The molecule has 0 saturated heterocycles. The van der Waals surface area contributed by atoms with Crippen LogP contribution in [0.5, 0.6) is 0 Å². The first kappa shape index (κ1) is 9.59. The minimum atomic E-state index is -0.758. The standard InChI is InChI=1S/C4H9INO2P/c5-2-3(6-9)1-4(7)8/h3,6H,1-2,9H2,(H,7,8). The maximum Gasteiger partial charge on any atom is 0.304 e. The van der Waals surface area contributed by atoms with Gasteiger partial charge in [-0.1, -0.05) is 32.0 Å². The lowest BCUT2D eigenvalue weighted by atomic mass is 10.3. The van der Waals surface area contributed by atoms with Crippen molar-refractivity contribution < 1.29 is 9.90 Å². The second-order valence-corrected chi connectivity index (χ2v) is 2.83. The molecule has 0 aliphatic heterocycles. The molecule has 0 aliphatic rings. The van der Waals surface area contributed by atoms with E-state index in [9.17, 15) is 4.79 Å². The van der Waals surface area contributed by atoms with Gasteiger partial charge in [0.1, 0.15) is 0 Å². The first-order chi connectivity index (χ1) is 4.20. The van der Waals surface area contributed by atoms with Crippen LogP contribution in [-0.4, -0.2) is 21.5 Å². The molecule has 0 aromatic rings. The predicted molar refractivity (Wildman–Crippen MR) is 47.8 cm³/mol. The van der Waals surface area contributed by atoms with Crippen LogP contribution in [0, 0.1) is 0 Å². The van der Waals surface area contributed by atoms with E-state index in [1.807, 2.05) is 0 Å². The molecule has 54 valence electrons. The number of hydrogen-bond acceptors (Lipinski definition) is 2. The topological polar surface area (TPSA) is 49.3 Å². The Morgan fingerprint density at radius 2 is 2.44 bits per heavy atom. The summed E-state index contributed by atoms with van der Waals surface area (Å²) in [7, 11) is 2.31. The fourth-order valence-corrected chi connectivity index (χ4v) is 1.65. The van der Waals surface area contributed by atoms with Crippen molar-refractivity contribution in [2.45, 2.75) is 12.5 Å². The molecule has 5 heteroatoms. The number of alkyl halides is 1. The van der Waals surface area contributed by atoms with Crippen LogP contribution in [0.25, 0.3) is 0 Å². The van der Waals surface area contributed by atoms with Gasteiger partial charge in [0, 0.05) is 10.5 Å². The average Bonchev–Trinajstić information content (AvgIpc) is 1.82. The van der Waals surface area contributed by atoms with Crippen LogP contribution >= 0.6 is 32.0 Å². The Labute approximate surface area is 70.0 Å². The van der Waals surface area contributed by atoms with E-state index in [1.165, 1.54) is 0 Å². The number of carbonyl (C=O) groups is 1. The van der Waals surface area contributed by atoms with Gasteiger partial charge in [-0.15, -0.1) is 0 Å². The molecule has 0 aromatic heterocycles. The van der Waals surface area contributed by atoms with Crippen molar-refractivity contribution in [3.8, 4) is 0 Å². The Hall–Kier alpha value is 0.590. The fraction of sp³-hybridized carbons (Fsp3) is 0.750. The third-order valence-corrected chi connectivity index (χ3v) is 2.38. The number of hydrogen-bond donors (Lipinski definition) is 2. The Bertz CT molecular complexity index is 96.6. The highest BCUT2D eigenvalue weighted by molar-refractivity contribution is 14.1. The summed E-state index contributed by atoms with van der Waals surface area (Å²) in [6.45, 7) is 0. The Morgan fingerprint density at radius 3 is 2.56 bits per heavy atom. The van der Waals surface area contributed by atoms with E-state index >= 15 is 0 Å². The molecule has 0 radical (unpaired) electrons. The highest BCUT2D eigenvalue weighted by Gasteiger charge is 2.07. The minimum Gasteiger partial charge on any atom is -0.481 e. The van der Waals surface area contributed by atoms with E-state index < -0.39 is 5.97 Å². The second kappa shape index (κ2) is 5.38. The highest BCUT2D eigenvalue weighted by Crippen LogP contribution is 1.98. The van der Waals surface area contributed by atoms with Crippen LogP contribution in [0.2, 0.25) is 0 Å². The van der Waals surface area contributed by atoms with Gasteiger partial charge in [0.15, 0.2) is 0 Å². The van der Waals surface area contributed by atoms with Crippen molar-refractivity contribution in [2.75, 3.05) is 4.43 Å². The maximum absolute atomic E-state index is 10.1. The molecule has 0 aliphatic carbocycles. The molecule has 9 heavy (non-hydrogen) atoms. The van der Waals surface area contributed by atoms with E-state index in [1.54, 1.807) is 0 Å². The van der Waals surface area contributed by atoms with Crippen LogP contribution in [0.15, 0.2) is 0 Å². The van der Waals surface area contributed by atoms with E-state index in [0.29, 0.717) is 0 Å². The van der Waals surface area contributed by atoms with E-state index in [2.05, 4.69) is 37.1 Å². The molecule has 3 nitrogen and oxygen atoms in total. The van der Waals surface area contributed by atoms with Gasteiger partial charge in [-0.3, -0.25) is 9.88 Å². The number of carboxylic acids is 1. The van der Waals surface area contributed by atoms with Gasteiger partial charge < -0.3 is 5.11 Å². The number of nitrogens with one attached hydrogen (secondary N) is 1. The molecule has 2 N–H and O–H groups in total. The number of halogens is 1. The molecule has 0 rings (SSSR count). The van der Waals surface area contributed by atoms with E-state index in [4.69, 9.17) is 5.11 Å². The summed E-state index contributed by atoms with van der Waals surface area (Å²) in [5, 5.41) is 11.1. The van der Waals surface area contributed by atoms with Crippen molar-refractivity contribution in [3.05, 3.63) is 0 Å². The lowest BCUT2D eigenvalue weighted by Crippen LogP contribution is -2.24. The summed E-state index contributed by atoms with van der Waals surface area (Å²) in [5.41, 5.74) is 0. The predicted octanol–water partition coefficient (Wildman–Crippen LogP) is 0.644. The smallest absolute Gasteiger partial charge is 0.304 e. The zero-order valence-corrected chi connectivity index (χ0v) is 8.11. The lowest BCUT2D eigenvalue weighted by molar-refractivity contribution is -0.137. The highest BCUT2D eigenvalue weighted by atomic mass is 127. The molecule has 0 spiro atoms. The summed E-state index contributed by atoms with van der Waals surface area (Å²) in [5.74, 6) is -0.758. The molecule has 0 aromatic carbocycles. The molecule has 0 heterocycles. The van der Waals surface area contributed by atoms with Gasteiger partial charge in [0.05, 0.1) is 6.42 Å². The van der Waals surface area contributed by atoms with Crippen molar-refractivity contribution in [3.63, 3.8) is 0 Å². The van der Waals surface area contributed by atoms with Crippen LogP contribution in [0.3, 0.4) is 0 Å². The molecule has 0 bridgehead atoms. The Balaban J connectivity index is 3.43. The third-order valence-electron chi connectivity index (χ3n) is 0.843. The lowest BCUT2D eigenvalue weighted by Gasteiger charge is -2.07. The summed E-state index contributed by atoms with van der Waals surface area (Å²) in [6.07, 6.45) is 0.187. The van der Waals surface area contributed by atoms with Crippen molar-refractivity contribution in [1.82, 2.24) is 5.09 Å². The normalized spacial score (nSPS) is 13.1. The minimum absolute atomic E-state index is 0.0769. The van der Waals surface area contributed by atoms with Crippen LogP contribution in [0.1, 0.15) is 6.42 Å². The van der Waals surface area contributed by atoms with Gasteiger partial charge in [0.25, 0.3) is 0 Å². The Kier molecular flexibility index (Phi) is 5.73. The maximum atomic E-state index is 10.1. The van der Waals surface area contributed by atoms with Gasteiger partial charge in [-0.2, -0.15) is 0 Å². The van der Waals surface area contributed by atoms with Crippen LogP contribution < -0.4 is 5.09 Å². The average molecular weight is 261 g/mol. The van der Waals surface area contributed by atoms with E-state index in [0.717, 1.165) is 4.43 Å². The first-order valence-electron chi connectivity index (χ1n) is 2.44. The van der Waals surface area contributed by atoms with Crippen molar-refractivity contribution >= 4 is 38.0 Å². The summed E-state index contributed by atoms with van der Waals surface area (Å²) >= 11 is 2.14. The van der Waals surface area contributed by atoms with E-state index in [-0.39, 0.29) is 12.5 Å². The molecule has 2 unspecified atom stereocenters. The SMILES string of the molecule is O=C(O)CC(CI)NP. The number of carboxylic acid groups (broad SMARTS) is 1. The second-order valence-electron chi connectivity index (χ2n) is 1.62. The molecule has 0 amide bonds. The summed E-state index contributed by atoms with van der Waals surface area (Å²) < 4.78 is 0.813. The Morgan fingerprint density at radius 1 is 1.89 bits per heavy atom. The van der Waals surface area contributed by atoms with Gasteiger partial charge in [-0.25, -0.2) is 0 Å². The molecular formula is C4H9INO2P. The fourth-order valence-electron chi connectivity index (χ4n) is 0.369. The largest absolute Gasteiger partial charge is 0.481 e. The monoisotopic (exact) mass is 261 g/mol. The number of aliphatic carboxylic acids is 1. The van der Waals surface area contributed by atoms with Crippen LogP contribution in [-0.2, 0) is 4.79 Å². The summed E-state index contributed by atoms with van der Waals surface area (Å²) in [4.78, 5) is 10.1. The summed E-state index contributed by atoms with van der Waals surface area (Å²) in [6, 6.07) is 0.0769. The van der Waals surface area contributed by atoms with Gasteiger partial charge in [-0.05, 0) is 0 Å². The van der Waals surface area contributed by atoms with Gasteiger partial charge in [0.2, 0.25) is 0 Å².